The Balaban J connectivity index is 3.07. The van der Waals surface area contributed by atoms with Crippen molar-refractivity contribution in [3.8, 4) is 16.9 Å². The molecule has 0 unspecified atom stereocenters. The van der Waals surface area contributed by atoms with Crippen LogP contribution < -0.4 is 0 Å². The van der Waals surface area contributed by atoms with Gasteiger partial charge in [-0.15, -0.1) is 0 Å². The van der Waals surface area contributed by atoms with Crippen LogP contribution in [0.1, 0.15) is 31.9 Å². The lowest BCUT2D eigenvalue weighted by molar-refractivity contribution is 0.474. The maximum Gasteiger partial charge on any atom is 0.117 e. The molecule has 94 valence electrons. The van der Waals surface area contributed by atoms with Gasteiger partial charge in [0.15, 0.2) is 0 Å². The van der Waals surface area contributed by atoms with Gasteiger partial charge >= 0.3 is 0 Å². The maximum absolute atomic E-state index is 9.52. The molecular weight excluding hydrogens is 228 g/mol. The van der Waals surface area contributed by atoms with Crippen molar-refractivity contribution in [2.45, 2.75) is 32.4 Å². The second-order valence-electron chi connectivity index (χ2n) is 5.72. The first-order valence-corrected chi connectivity index (χ1v) is 8.13. The molecule has 0 spiro atoms. The van der Waals surface area contributed by atoms with Crippen molar-refractivity contribution in [1.82, 2.24) is 0 Å². The van der Waals surface area contributed by atoms with Gasteiger partial charge in [-0.3, -0.25) is 0 Å². The van der Waals surface area contributed by atoms with Crippen molar-refractivity contribution in [3.63, 3.8) is 0 Å². The van der Waals surface area contributed by atoms with Crippen LogP contribution >= 0.6 is 10.0 Å². The Bertz CT molecular complexity index is 450. The van der Waals surface area contributed by atoms with Gasteiger partial charge in [0.25, 0.3) is 0 Å². The molecule has 0 fully saturated rings. The van der Waals surface area contributed by atoms with E-state index in [4.69, 9.17) is 0 Å². The van der Waals surface area contributed by atoms with Crippen LogP contribution in [0.4, 0.5) is 0 Å². The first kappa shape index (κ1) is 14.0. The van der Waals surface area contributed by atoms with Crippen LogP contribution in [-0.2, 0) is 0 Å². The largest absolute Gasteiger partial charge is 0.508 e. The SMILES string of the molecule is Cc1cc(O)cc(C#CS(C)(C)C(C)(C)C)c1. The molecule has 1 aromatic rings. The summed E-state index contributed by atoms with van der Waals surface area (Å²) in [6, 6.07) is 5.47. The number of phenolic OH excluding ortho intramolecular Hbond substituents is 1. The van der Waals surface area contributed by atoms with Crippen molar-refractivity contribution in [1.29, 1.82) is 0 Å². The molecule has 0 radical (unpaired) electrons. The first-order valence-electron chi connectivity index (χ1n) is 5.68. The van der Waals surface area contributed by atoms with Crippen LogP contribution in [0.2, 0.25) is 0 Å². The smallest absolute Gasteiger partial charge is 0.117 e. The maximum atomic E-state index is 9.52. The number of rotatable bonds is 0. The van der Waals surface area contributed by atoms with Crippen molar-refractivity contribution in [3.05, 3.63) is 29.3 Å². The molecule has 0 amide bonds. The van der Waals surface area contributed by atoms with Crippen LogP contribution in [-0.4, -0.2) is 22.4 Å². The van der Waals surface area contributed by atoms with Gasteiger partial charge in [-0.25, -0.2) is 0 Å². The second-order valence-corrected chi connectivity index (χ2v) is 9.81. The number of hydrogen-bond acceptors (Lipinski definition) is 1. The van der Waals surface area contributed by atoms with Crippen molar-refractivity contribution >= 4 is 10.0 Å². The minimum Gasteiger partial charge on any atom is -0.508 e. The Kier molecular flexibility index (Phi) is 3.84. The first-order chi connectivity index (χ1) is 7.62. The summed E-state index contributed by atoms with van der Waals surface area (Å²) in [5.74, 6) is 3.49. The molecule has 1 aromatic carbocycles. The average Bonchev–Trinajstić information content (AvgIpc) is 2.11. The minimum atomic E-state index is -0.964. The number of hydrogen-bond donors (Lipinski definition) is 1. The molecule has 0 aliphatic rings. The lowest BCUT2D eigenvalue weighted by Crippen LogP contribution is -2.21. The van der Waals surface area contributed by atoms with Gasteiger partial charge < -0.3 is 5.11 Å². The van der Waals surface area contributed by atoms with Crippen LogP contribution in [0.15, 0.2) is 18.2 Å². The number of aryl methyl sites for hydroxylation is 1. The third kappa shape index (κ3) is 3.71. The molecule has 1 nitrogen and oxygen atoms in total. The molecule has 1 N–H and O–H groups in total. The fourth-order valence-electron chi connectivity index (χ4n) is 1.17. The summed E-state index contributed by atoms with van der Waals surface area (Å²) in [6.45, 7) is 8.65. The van der Waals surface area contributed by atoms with Crippen molar-refractivity contribution in [2.75, 3.05) is 12.5 Å². The molecule has 0 atom stereocenters. The summed E-state index contributed by atoms with van der Waals surface area (Å²) >= 11 is 0. The Morgan fingerprint density at radius 1 is 1.12 bits per heavy atom. The van der Waals surface area contributed by atoms with E-state index in [0.717, 1.165) is 11.1 Å². The third-order valence-corrected chi connectivity index (χ3v) is 6.72. The summed E-state index contributed by atoms with van der Waals surface area (Å²) in [6.07, 6.45) is 4.46. The predicted octanol–water partition coefficient (Wildman–Crippen LogP) is 3.87. The number of benzene rings is 1. The molecular formula is C15H22OS. The van der Waals surface area contributed by atoms with E-state index in [0.29, 0.717) is 0 Å². The summed E-state index contributed by atoms with van der Waals surface area (Å²) in [4.78, 5) is 0. The highest BCUT2D eigenvalue weighted by Crippen LogP contribution is 2.51. The summed E-state index contributed by atoms with van der Waals surface area (Å²) < 4.78 is 0.214. The lowest BCUT2D eigenvalue weighted by atomic mass is 10.1. The standard InChI is InChI=1S/C15H22OS/c1-12-9-13(11-14(16)10-12)7-8-17(5,6)15(2,3)4/h9-11,16H,1-6H3. The van der Waals surface area contributed by atoms with E-state index >= 15 is 0 Å². The highest BCUT2D eigenvalue weighted by Gasteiger charge is 2.25. The molecule has 0 saturated carbocycles. The fourth-order valence-corrected chi connectivity index (χ4v) is 1.85. The van der Waals surface area contributed by atoms with Gasteiger partial charge in [0.1, 0.15) is 5.75 Å². The molecule has 1 rings (SSSR count). The summed E-state index contributed by atoms with van der Waals surface area (Å²) in [5, 5.41) is 12.9. The van der Waals surface area contributed by atoms with Crippen LogP contribution in [0.3, 0.4) is 0 Å². The highest BCUT2D eigenvalue weighted by molar-refractivity contribution is 8.37. The van der Waals surface area contributed by atoms with Gasteiger partial charge in [0.2, 0.25) is 0 Å². The molecule has 0 aliphatic carbocycles. The second kappa shape index (κ2) is 4.66. The molecule has 2 heteroatoms. The predicted molar refractivity (Wildman–Crippen MR) is 78.9 cm³/mol. The van der Waals surface area contributed by atoms with Gasteiger partial charge in [0.05, 0.1) is 0 Å². The molecule has 0 aliphatic heterocycles. The topological polar surface area (TPSA) is 20.2 Å². The Hall–Kier alpha value is -1.07. The Morgan fingerprint density at radius 2 is 1.71 bits per heavy atom. The van der Waals surface area contributed by atoms with Crippen LogP contribution in [0.5, 0.6) is 5.75 Å². The van der Waals surface area contributed by atoms with E-state index < -0.39 is 10.0 Å². The molecule has 0 aromatic heterocycles. The van der Waals surface area contributed by atoms with Crippen molar-refractivity contribution in [2.24, 2.45) is 0 Å². The average molecular weight is 250 g/mol. The van der Waals surface area contributed by atoms with Gasteiger partial charge in [-0.1, -0.05) is 26.7 Å². The number of phenols is 1. The van der Waals surface area contributed by atoms with Crippen LogP contribution in [0, 0.1) is 18.1 Å². The Labute approximate surface area is 107 Å². The molecule has 17 heavy (non-hydrogen) atoms. The van der Waals surface area contributed by atoms with E-state index in [2.05, 4.69) is 44.5 Å². The number of aromatic hydroxyl groups is 1. The lowest BCUT2D eigenvalue weighted by Gasteiger charge is -2.39. The zero-order chi connectivity index (χ0) is 13.3. The highest BCUT2D eigenvalue weighted by atomic mass is 32.3. The fraction of sp³-hybridized carbons (Fsp3) is 0.467. The summed E-state index contributed by atoms with van der Waals surface area (Å²) in [5.41, 5.74) is 1.94. The van der Waals surface area contributed by atoms with Crippen LogP contribution in [0.25, 0.3) is 0 Å². The molecule has 0 bridgehead atoms. The normalized spacial score (nSPS) is 12.8. The summed E-state index contributed by atoms with van der Waals surface area (Å²) in [7, 11) is -0.964. The molecule has 0 saturated heterocycles. The zero-order valence-corrected chi connectivity index (χ0v) is 12.4. The van der Waals surface area contributed by atoms with Gasteiger partial charge in [-0.2, -0.15) is 10.0 Å². The zero-order valence-electron chi connectivity index (χ0n) is 11.6. The monoisotopic (exact) mass is 250 g/mol. The third-order valence-electron chi connectivity index (χ3n) is 3.04. The molecule has 0 heterocycles. The van der Waals surface area contributed by atoms with Crippen molar-refractivity contribution < 1.29 is 5.11 Å². The van der Waals surface area contributed by atoms with Gasteiger partial charge in [0, 0.05) is 10.3 Å². The van der Waals surface area contributed by atoms with E-state index in [9.17, 15) is 5.11 Å². The van der Waals surface area contributed by atoms with Gasteiger partial charge in [-0.05, 0) is 48.5 Å². The van der Waals surface area contributed by atoms with E-state index in [1.54, 1.807) is 12.1 Å². The quantitative estimate of drug-likeness (QED) is 0.693. The van der Waals surface area contributed by atoms with E-state index in [1.165, 1.54) is 0 Å². The Morgan fingerprint density at radius 3 is 2.18 bits per heavy atom. The minimum absolute atomic E-state index is 0.214. The van der Waals surface area contributed by atoms with E-state index in [1.807, 2.05) is 13.0 Å². The van der Waals surface area contributed by atoms with E-state index in [-0.39, 0.29) is 10.5 Å².